The van der Waals surface area contributed by atoms with Crippen LogP contribution in [0.15, 0.2) is 24.3 Å². The summed E-state index contributed by atoms with van der Waals surface area (Å²) in [7, 11) is 1.75. The van der Waals surface area contributed by atoms with Crippen molar-refractivity contribution in [1.82, 2.24) is 0 Å². The molecule has 0 fully saturated rings. The van der Waals surface area contributed by atoms with Crippen LogP contribution in [0.2, 0.25) is 0 Å². The standard InChI is InChI=1S/C13H21NO/c1-3-12-6-8-13(9-7-12)14-10-4-5-11-15-2/h6-9,14H,3-5,10-11H2,1-2H3. The first-order chi connectivity index (χ1) is 7.36. The van der Waals surface area contributed by atoms with Crippen molar-refractivity contribution in [3.8, 4) is 0 Å². The smallest absolute Gasteiger partial charge is 0.0462 e. The minimum Gasteiger partial charge on any atom is -0.385 e. The first-order valence-corrected chi connectivity index (χ1v) is 5.68. The van der Waals surface area contributed by atoms with Crippen molar-refractivity contribution in [2.45, 2.75) is 26.2 Å². The Morgan fingerprint density at radius 3 is 2.47 bits per heavy atom. The summed E-state index contributed by atoms with van der Waals surface area (Å²) in [4.78, 5) is 0. The molecule has 0 aliphatic heterocycles. The SMILES string of the molecule is CCc1ccc(NCCCCOC)cc1. The molecule has 0 aliphatic rings. The van der Waals surface area contributed by atoms with Gasteiger partial charge in [0.25, 0.3) is 0 Å². The van der Waals surface area contributed by atoms with Gasteiger partial charge in [-0.1, -0.05) is 19.1 Å². The fourth-order valence-electron chi connectivity index (χ4n) is 1.46. The quantitative estimate of drug-likeness (QED) is 0.694. The topological polar surface area (TPSA) is 21.3 Å². The average molecular weight is 207 g/mol. The second kappa shape index (κ2) is 7.30. The minimum atomic E-state index is 0.858. The Morgan fingerprint density at radius 2 is 1.87 bits per heavy atom. The number of unbranched alkanes of at least 4 members (excludes halogenated alkanes) is 1. The van der Waals surface area contributed by atoms with Crippen LogP contribution in [0.1, 0.15) is 25.3 Å². The predicted molar refractivity (Wildman–Crippen MR) is 65.4 cm³/mol. The lowest BCUT2D eigenvalue weighted by Gasteiger charge is -2.06. The van der Waals surface area contributed by atoms with Crippen LogP contribution in [-0.4, -0.2) is 20.3 Å². The van der Waals surface area contributed by atoms with Gasteiger partial charge in [-0.05, 0) is 37.0 Å². The third kappa shape index (κ3) is 4.84. The third-order valence-electron chi connectivity index (χ3n) is 2.47. The summed E-state index contributed by atoms with van der Waals surface area (Å²) in [6.07, 6.45) is 3.38. The van der Waals surface area contributed by atoms with Gasteiger partial charge >= 0.3 is 0 Å². The van der Waals surface area contributed by atoms with Gasteiger partial charge in [0, 0.05) is 25.9 Å². The molecule has 0 saturated carbocycles. The lowest BCUT2D eigenvalue weighted by molar-refractivity contribution is 0.194. The summed E-state index contributed by atoms with van der Waals surface area (Å²) in [5, 5.41) is 3.40. The molecule has 1 N–H and O–H groups in total. The lowest BCUT2D eigenvalue weighted by atomic mass is 10.1. The Hall–Kier alpha value is -1.02. The molecule has 0 spiro atoms. The number of nitrogens with one attached hydrogen (secondary N) is 1. The molecule has 0 atom stereocenters. The Kier molecular flexibility index (Phi) is 5.86. The molecular weight excluding hydrogens is 186 g/mol. The van der Waals surface area contributed by atoms with Crippen LogP contribution in [-0.2, 0) is 11.2 Å². The summed E-state index contributed by atoms with van der Waals surface area (Å²) in [5.41, 5.74) is 2.60. The molecule has 84 valence electrons. The second-order valence-electron chi connectivity index (χ2n) is 3.68. The first kappa shape index (κ1) is 12.1. The van der Waals surface area contributed by atoms with Gasteiger partial charge in [0.2, 0.25) is 0 Å². The number of hydrogen-bond acceptors (Lipinski definition) is 2. The zero-order valence-electron chi connectivity index (χ0n) is 9.75. The molecule has 2 nitrogen and oxygen atoms in total. The van der Waals surface area contributed by atoms with Crippen LogP contribution in [0.3, 0.4) is 0 Å². The number of hydrogen-bond donors (Lipinski definition) is 1. The minimum absolute atomic E-state index is 0.858. The predicted octanol–water partition coefficient (Wildman–Crippen LogP) is 3.09. The van der Waals surface area contributed by atoms with E-state index in [1.807, 2.05) is 0 Å². The van der Waals surface area contributed by atoms with E-state index in [0.29, 0.717) is 0 Å². The zero-order chi connectivity index (χ0) is 10.9. The number of aryl methyl sites for hydroxylation is 1. The highest BCUT2D eigenvalue weighted by atomic mass is 16.5. The van der Waals surface area contributed by atoms with E-state index in [-0.39, 0.29) is 0 Å². The van der Waals surface area contributed by atoms with Gasteiger partial charge in [-0.25, -0.2) is 0 Å². The molecule has 0 amide bonds. The van der Waals surface area contributed by atoms with Crippen LogP contribution in [0.25, 0.3) is 0 Å². The Labute approximate surface area is 92.6 Å². The Morgan fingerprint density at radius 1 is 1.13 bits per heavy atom. The summed E-state index contributed by atoms with van der Waals surface area (Å²) in [6, 6.07) is 8.65. The van der Waals surface area contributed by atoms with E-state index >= 15 is 0 Å². The average Bonchev–Trinajstić information content (AvgIpc) is 2.30. The van der Waals surface area contributed by atoms with Gasteiger partial charge in [-0.15, -0.1) is 0 Å². The van der Waals surface area contributed by atoms with Crippen molar-refractivity contribution in [2.24, 2.45) is 0 Å². The van der Waals surface area contributed by atoms with E-state index in [2.05, 4.69) is 36.5 Å². The van der Waals surface area contributed by atoms with E-state index in [9.17, 15) is 0 Å². The molecule has 1 aromatic carbocycles. The van der Waals surface area contributed by atoms with E-state index < -0.39 is 0 Å². The fraction of sp³-hybridized carbons (Fsp3) is 0.538. The number of benzene rings is 1. The molecule has 0 heterocycles. The Balaban J connectivity index is 2.20. The van der Waals surface area contributed by atoms with E-state index in [1.54, 1.807) is 7.11 Å². The van der Waals surface area contributed by atoms with Crippen molar-refractivity contribution < 1.29 is 4.74 Å². The van der Waals surface area contributed by atoms with Gasteiger partial charge < -0.3 is 10.1 Å². The van der Waals surface area contributed by atoms with Crippen molar-refractivity contribution in [2.75, 3.05) is 25.6 Å². The van der Waals surface area contributed by atoms with E-state index in [4.69, 9.17) is 4.74 Å². The molecule has 1 aromatic rings. The van der Waals surface area contributed by atoms with Crippen molar-refractivity contribution in [1.29, 1.82) is 0 Å². The van der Waals surface area contributed by atoms with Crippen molar-refractivity contribution >= 4 is 5.69 Å². The summed E-state index contributed by atoms with van der Waals surface area (Å²) in [6.45, 7) is 4.05. The molecular formula is C13H21NO. The van der Waals surface area contributed by atoms with E-state index in [0.717, 1.165) is 32.4 Å². The maximum absolute atomic E-state index is 5.00. The molecule has 15 heavy (non-hydrogen) atoms. The first-order valence-electron chi connectivity index (χ1n) is 5.68. The normalized spacial score (nSPS) is 10.3. The molecule has 0 aromatic heterocycles. The largest absolute Gasteiger partial charge is 0.385 e. The molecule has 1 rings (SSSR count). The summed E-state index contributed by atoms with van der Waals surface area (Å²) in [5.74, 6) is 0. The molecule has 0 radical (unpaired) electrons. The summed E-state index contributed by atoms with van der Waals surface area (Å²) < 4.78 is 5.00. The van der Waals surface area contributed by atoms with Gasteiger partial charge in [-0.3, -0.25) is 0 Å². The summed E-state index contributed by atoms with van der Waals surface area (Å²) >= 11 is 0. The van der Waals surface area contributed by atoms with Crippen LogP contribution in [0.5, 0.6) is 0 Å². The Bertz CT molecular complexity index is 256. The fourth-order valence-corrected chi connectivity index (χ4v) is 1.46. The van der Waals surface area contributed by atoms with Crippen molar-refractivity contribution in [3.05, 3.63) is 29.8 Å². The molecule has 0 bridgehead atoms. The van der Waals surface area contributed by atoms with Crippen LogP contribution in [0, 0.1) is 0 Å². The molecule has 0 saturated heterocycles. The lowest BCUT2D eigenvalue weighted by Crippen LogP contribution is -2.02. The number of ether oxygens (including phenoxy) is 1. The third-order valence-corrected chi connectivity index (χ3v) is 2.47. The van der Waals surface area contributed by atoms with Crippen LogP contribution in [0.4, 0.5) is 5.69 Å². The monoisotopic (exact) mass is 207 g/mol. The van der Waals surface area contributed by atoms with Crippen LogP contribution < -0.4 is 5.32 Å². The maximum Gasteiger partial charge on any atom is 0.0462 e. The van der Waals surface area contributed by atoms with Gasteiger partial charge in [0.1, 0.15) is 0 Å². The highest BCUT2D eigenvalue weighted by Crippen LogP contribution is 2.09. The van der Waals surface area contributed by atoms with Gasteiger partial charge in [-0.2, -0.15) is 0 Å². The van der Waals surface area contributed by atoms with Gasteiger partial charge in [0.15, 0.2) is 0 Å². The van der Waals surface area contributed by atoms with E-state index in [1.165, 1.54) is 11.3 Å². The number of methoxy groups -OCH3 is 1. The van der Waals surface area contributed by atoms with Crippen LogP contribution >= 0.6 is 0 Å². The highest BCUT2D eigenvalue weighted by Gasteiger charge is 1.92. The maximum atomic E-state index is 5.00. The molecule has 0 unspecified atom stereocenters. The number of anilines is 1. The van der Waals surface area contributed by atoms with Gasteiger partial charge in [0.05, 0.1) is 0 Å². The van der Waals surface area contributed by atoms with Crippen molar-refractivity contribution in [3.63, 3.8) is 0 Å². The molecule has 2 heteroatoms. The number of rotatable bonds is 7. The molecule has 0 aliphatic carbocycles. The highest BCUT2D eigenvalue weighted by molar-refractivity contribution is 5.44. The second-order valence-corrected chi connectivity index (χ2v) is 3.68. The zero-order valence-corrected chi connectivity index (χ0v) is 9.75.